The standard InChI is InChI=1S/C23H32N2O6/c1-8-30-23(28)20-9-14(2)24(17(20)5)11-22(27)31-13-21(26)19-10-15(3)25(18(19)6)16(4)12-29-7/h9-10,16H,8,11-13H2,1-7H3. The largest absolute Gasteiger partial charge is 0.462 e. The number of methoxy groups -OCH3 is 1. The Bertz CT molecular complexity index is 969. The first-order valence-corrected chi connectivity index (χ1v) is 10.3. The molecule has 8 heteroatoms. The number of hydrogen-bond acceptors (Lipinski definition) is 6. The van der Waals surface area contributed by atoms with Crippen molar-refractivity contribution in [3.8, 4) is 0 Å². The summed E-state index contributed by atoms with van der Waals surface area (Å²) in [5.41, 5.74) is 4.07. The van der Waals surface area contributed by atoms with E-state index in [0.29, 0.717) is 23.4 Å². The molecule has 0 N–H and O–H groups in total. The first kappa shape index (κ1) is 24.4. The fourth-order valence-corrected chi connectivity index (χ4v) is 3.91. The maximum Gasteiger partial charge on any atom is 0.339 e. The van der Waals surface area contributed by atoms with Gasteiger partial charge in [-0.1, -0.05) is 0 Å². The van der Waals surface area contributed by atoms with Gasteiger partial charge < -0.3 is 23.3 Å². The fraction of sp³-hybridized carbons (Fsp3) is 0.522. The van der Waals surface area contributed by atoms with E-state index in [1.807, 2.05) is 31.4 Å². The van der Waals surface area contributed by atoms with Crippen LogP contribution in [0, 0.1) is 27.7 Å². The lowest BCUT2D eigenvalue weighted by Gasteiger charge is -2.17. The van der Waals surface area contributed by atoms with Crippen LogP contribution in [0.2, 0.25) is 0 Å². The summed E-state index contributed by atoms with van der Waals surface area (Å²) in [5, 5.41) is 0. The van der Waals surface area contributed by atoms with Crippen LogP contribution in [0.15, 0.2) is 12.1 Å². The smallest absolute Gasteiger partial charge is 0.339 e. The zero-order valence-corrected chi connectivity index (χ0v) is 19.4. The molecule has 0 spiro atoms. The van der Waals surface area contributed by atoms with Crippen molar-refractivity contribution in [2.45, 2.75) is 54.1 Å². The lowest BCUT2D eigenvalue weighted by Crippen LogP contribution is -2.20. The number of carbonyl (C=O) groups excluding carboxylic acids is 3. The number of carbonyl (C=O) groups is 3. The SMILES string of the molecule is CCOC(=O)c1cc(C)n(CC(=O)OCC(=O)c2cc(C)n(C(C)COC)c2C)c1C. The summed E-state index contributed by atoms with van der Waals surface area (Å²) in [5.74, 6) is -1.24. The summed E-state index contributed by atoms with van der Waals surface area (Å²) in [6.07, 6.45) is 0. The number of aromatic nitrogens is 2. The van der Waals surface area contributed by atoms with Gasteiger partial charge >= 0.3 is 11.9 Å². The van der Waals surface area contributed by atoms with Crippen LogP contribution >= 0.6 is 0 Å². The molecule has 2 aromatic rings. The van der Waals surface area contributed by atoms with Gasteiger partial charge in [-0.15, -0.1) is 0 Å². The Labute approximate surface area is 183 Å². The Hall–Kier alpha value is -2.87. The number of esters is 2. The molecule has 2 aromatic heterocycles. The zero-order valence-electron chi connectivity index (χ0n) is 19.4. The average molecular weight is 433 g/mol. The highest BCUT2D eigenvalue weighted by molar-refractivity contribution is 5.99. The Morgan fingerprint density at radius 3 is 2.23 bits per heavy atom. The number of nitrogens with zero attached hydrogens (tertiary/aromatic N) is 2. The predicted molar refractivity (Wildman–Crippen MR) is 116 cm³/mol. The molecule has 0 amide bonds. The summed E-state index contributed by atoms with van der Waals surface area (Å²) in [6, 6.07) is 3.58. The molecule has 0 aromatic carbocycles. The van der Waals surface area contributed by atoms with E-state index >= 15 is 0 Å². The van der Waals surface area contributed by atoms with Crippen molar-refractivity contribution in [1.29, 1.82) is 0 Å². The van der Waals surface area contributed by atoms with Gasteiger partial charge in [0.2, 0.25) is 5.78 Å². The van der Waals surface area contributed by atoms with E-state index in [9.17, 15) is 14.4 Å². The van der Waals surface area contributed by atoms with Crippen LogP contribution in [0.1, 0.15) is 63.4 Å². The molecule has 0 saturated carbocycles. The van der Waals surface area contributed by atoms with E-state index < -0.39 is 11.9 Å². The molecular formula is C23H32N2O6. The zero-order chi connectivity index (χ0) is 23.3. The quantitative estimate of drug-likeness (QED) is 0.423. The maximum absolute atomic E-state index is 12.7. The second-order valence-corrected chi connectivity index (χ2v) is 7.63. The Morgan fingerprint density at radius 2 is 1.61 bits per heavy atom. The van der Waals surface area contributed by atoms with E-state index in [4.69, 9.17) is 14.2 Å². The molecule has 0 aliphatic rings. The van der Waals surface area contributed by atoms with Crippen LogP contribution in [-0.2, 0) is 25.5 Å². The van der Waals surface area contributed by atoms with Crippen LogP contribution < -0.4 is 0 Å². The summed E-state index contributed by atoms with van der Waals surface area (Å²) in [7, 11) is 1.64. The van der Waals surface area contributed by atoms with E-state index in [0.717, 1.165) is 17.1 Å². The van der Waals surface area contributed by atoms with E-state index in [2.05, 4.69) is 0 Å². The highest BCUT2D eigenvalue weighted by Crippen LogP contribution is 2.21. The third-order valence-corrected chi connectivity index (χ3v) is 5.35. The van der Waals surface area contributed by atoms with Gasteiger partial charge in [-0.05, 0) is 53.7 Å². The molecule has 0 fully saturated rings. The van der Waals surface area contributed by atoms with Gasteiger partial charge in [-0.2, -0.15) is 0 Å². The average Bonchev–Trinajstić information content (AvgIpc) is 3.16. The first-order valence-electron chi connectivity index (χ1n) is 10.3. The van der Waals surface area contributed by atoms with Crippen molar-refractivity contribution < 1.29 is 28.6 Å². The van der Waals surface area contributed by atoms with Gasteiger partial charge in [0, 0.05) is 35.4 Å². The number of ether oxygens (including phenoxy) is 3. The van der Waals surface area contributed by atoms with Gasteiger partial charge in [0.15, 0.2) is 6.61 Å². The summed E-state index contributed by atoms with van der Waals surface area (Å²) >= 11 is 0. The molecule has 31 heavy (non-hydrogen) atoms. The van der Waals surface area contributed by atoms with Crippen molar-refractivity contribution >= 4 is 17.7 Å². The van der Waals surface area contributed by atoms with Gasteiger partial charge in [-0.25, -0.2) is 4.79 Å². The predicted octanol–water partition coefficient (Wildman–Crippen LogP) is 3.33. The first-order chi connectivity index (χ1) is 14.6. The Kier molecular flexibility index (Phi) is 8.21. The molecule has 2 heterocycles. The molecule has 0 aliphatic carbocycles. The minimum atomic E-state index is -0.549. The number of Topliss-reactive ketones (excluding diaryl/α,β-unsaturated/α-hetero) is 1. The molecular weight excluding hydrogens is 400 g/mol. The minimum absolute atomic E-state index is 0.0855. The molecule has 2 rings (SSSR count). The second-order valence-electron chi connectivity index (χ2n) is 7.63. The molecule has 170 valence electrons. The minimum Gasteiger partial charge on any atom is -0.462 e. The number of hydrogen-bond donors (Lipinski definition) is 0. The van der Waals surface area contributed by atoms with Gasteiger partial charge in [0.1, 0.15) is 6.54 Å². The van der Waals surface area contributed by atoms with Crippen LogP contribution in [0.4, 0.5) is 0 Å². The van der Waals surface area contributed by atoms with Crippen molar-refractivity contribution in [3.63, 3.8) is 0 Å². The summed E-state index contributed by atoms with van der Waals surface area (Å²) in [4.78, 5) is 37.1. The van der Waals surface area contributed by atoms with Gasteiger partial charge in [0.25, 0.3) is 0 Å². The monoisotopic (exact) mass is 432 g/mol. The third kappa shape index (κ3) is 5.44. The number of ketones is 1. The van der Waals surface area contributed by atoms with Crippen molar-refractivity contribution in [3.05, 3.63) is 46.0 Å². The van der Waals surface area contributed by atoms with Crippen molar-refractivity contribution in [2.24, 2.45) is 0 Å². The fourth-order valence-electron chi connectivity index (χ4n) is 3.91. The highest BCUT2D eigenvalue weighted by Gasteiger charge is 2.21. The van der Waals surface area contributed by atoms with E-state index in [1.54, 1.807) is 38.5 Å². The summed E-state index contributed by atoms with van der Waals surface area (Å²) < 4.78 is 19.2. The molecule has 0 bridgehead atoms. The van der Waals surface area contributed by atoms with Crippen LogP contribution in [0.3, 0.4) is 0 Å². The number of aryl methyl sites for hydroxylation is 2. The lowest BCUT2D eigenvalue weighted by molar-refractivity contribution is -0.143. The molecule has 0 aliphatic heterocycles. The normalized spacial score (nSPS) is 12.0. The third-order valence-electron chi connectivity index (χ3n) is 5.35. The molecule has 1 unspecified atom stereocenters. The summed E-state index contributed by atoms with van der Waals surface area (Å²) in [6.45, 7) is 11.5. The van der Waals surface area contributed by atoms with Crippen molar-refractivity contribution in [1.82, 2.24) is 9.13 Å². The van der Waals surface area contributed by atoms with Crippen LogP contribution in [0.25, 0.3) is 0 Å². The van der Waals surface area contributed by atoms with E-state index in [1.165, 1.54) is 0 Å². The molecule has 8 nitrogen and oxygen atoms in total. The molecule has 0 saturated heterocycles. The van der Waals surface area contributed by atoms with Crippen LogP contribution in [-0.4, -0.2) is 53.8 Å². The maximum atomic E-state index is 12.7. The molecule has 1 atom stereocenters. The highest BCUT2D eigenvalue weighted by atomic mass is 16.5. The number of rotatable bonds is 10. The van der Waals surface area contributed by atoms with Gasteiger partial charge in [-0.3, -0.25) is 9.59 Å². The molecule has 0 radical (unpaired) electrons. The van der Waals surface area contributed by atoms with Crippen molar-refractivity contribution in [2.75, 3.05) is 26.9 Å². The van der Waals surface area contributed by atoms with E-state index in [-0.39, 0.29) is 31.6 Å². The second kappa shape index (κ2) is 10.4. The Balaban J connectivity index is 2.05. The lowest BCUT2D eigenvalue weighted by atomic mass is 10.1. The Morgan fingerprint density at radius 1 is 0.968 bits per heavy atom. The topological polar surface area (TPSA) is 88.8 Å². The van der Waals surface area contributed by atoms with Crippen LogP contribution in [0.5, 0.6) is 0 Å². The van der Waals surface area contributed by atoms with Gasteiger partial charge in [0.05, 0.1) is 24.8 Å².